The minimum absolute atomic E-state index is 0.137. The number of benzene rings is 2. The van der Waals surface area contributed by atoms with E-state index in [1.807, 2.05) is 18.7 Å². The normalized spacial score (nSPS) is 20.9. The van der Waals surface area contributed by atoms with Crippen LogP contribution in [0.25, 0.3) is 0 Å². The summed E-state index contributed by atoms with van der Waals surface area (Å²) in [6, 6.07) is 9.66. The van der Waals surface area contributed by atoms with Crippen molar-refractivity contribution in [3.63, 3.8) is 0 Å². The molecule has 1 fully saturated rings. The van der Waals surface area contributed by atoms with Crippen LogP contribution < -0.4 is 14.8 Å². The SMILES string of the molecule is COc1cc(C=O)cc(Br)c1OCC(=O)N1C[C@@H](C)NC[C@]1(C)Cc1ccc(F)cc1. The second-order valence-electron chi connectivity index (χ2n) is 8.03. The van der Waals surface area contributed by atoms with Gasteiger partial charge in [0.15, 0.2) is 18.1 Å². The molecule has 31 heavy (non-hydrogen) atoms. The largest absolute Gasteiger partial charge is 0.493 e. The molecule has 1 heterocycles. The van der Waals surface area contributed by atoms with Crippen LogP contribution in [-0.4, -0.2) is 55.5 Å². The molecule has 0 aromatic heterocycles. The first-order chi connectivity index (χ1) is 14.8. The van der Waals surface area contributed by atoms with Crippen molar-refractivity contribution in [3.05, 3.63) is 57.8 Å². The van der Waals surface area contributed by atoms with Gasteiger partial charge in [-0.15, -0.1) is 0 Å². The van der Waals surface area contributed by atoms with Crippen LogP contribution in [0.5, 0.6) is 11.5 Å². The molecule has 1 aliphatic rings. The fraction of sp³-hybridized carbons (Fsp3) is 0.391. The summed E-state index contributed by atoms with van der Waals surface area (Å²) in [4.78, 5) is 26.1. The van der Waals surface area contributed by atoms with Crippen LogP contribution in [0.4, 0.5) is 4.39 Å². The van der Waals surface area contributed by atoms with Gasteiger partial charge in [-0.2, -0.15) is 0 Å². The van der Waals surface area contributed by atoms with E-state index in [0.717, 1.165) is 5.56 Å². The Bertz CT molecular complexity index is 953. The van der Waals surface area contributed by atoms with Crippen LogP contribution >= 0.6 is 15.9 Å². The molecule has 166 valence electrons. The third-order valence-corrected chi connectivity index (χ3v) is 6.06. The van der Waals surface area contributed by atoms with Crippen LogP contribution in [0.2, 0.25) is 0 Å². The Balaban J connectivity index is 1.78. The maximum atomic E-state index is 13.3. The van der Waals surface area contributed by atoms with E-state index in [9.17, 15) is 14.0 Å². The molecule has 2 aromatic rings. The summed E-state index contributed by atoms with van der Waals surface area (Å²) in [6.07, 6.45) is 1.30. The maximum absolute atomic E-state index is 13.3. The van der Waals surface area contributed by atoms with Crippen molar-refractivity contribution in [2.24, 2.45) is 0 Å². The minimum atomic E-state index is -0.493. The number of aldehydes is 1. The molecular formula is C23H26BrFN2O4. The summed E-state index contributed by atoms with van der Waals surface area (Å²) in [5, 5.41) is 3.43. The van der Waals surface area contributed by atoms with Crippen molar-refractivity contribution in [2.45, 2.75) is 31.8 Å². The fourth-order valence-electron chi connectivity index (χ4n) is 3.81. The van der Waals surface area contributed by atoms with Gasteiger partial charge in [0.05, 0.1) is 17.1 Å². The molecule has 0 spiro atoms. The predicted octanol–water partition coefficient (Wildman–Crippen LogP) is 3.61. The van der Waals surface area contributed by atoms with Gasteiger partial charge >= 0.3 is 0 Å². The van der Waals surface area contributed by atoms with E-state index in [1.165, 1.54) is 19.2 Å². The molecule has 0 aliphatic carbocycles. The maximum Gasteiger partial charge on any atom is 0.261 e. The highest BCUT2D eigenvalue weighted by molar-refractivity contribution is 9.10. The van der Waals surface area contributed by atoms with E-state index >= 15 is 0 Å². The number of amides is 1. The third kappa shape index (κ3) is 5.43. The lowest BCUT2D eigenvalue weighted by Gasteiger charge is -2.47. The van der Waals surface area contributed by atoms with E-state index in [1.54, 1.807) is 24.3 Å². The molecular weight excluding hydrogens is 467 g/mol. The van der Waals surface area contributed by atoms with Crippen LogP contribution in [0.3, 0.4) is 0 Å². The third-order valence-electron chi connectivity index (χ3n) is 5.47. The Morgan fingerprint density at radius 2 is 2.06 bits per heavy atom. The lowest BCUT2D eigenvalue weighted by atomic mass is 9.88. The van der Waals surface area contributed by atoms with E-state index in [-0.39, 0.29) is 24.4 Å². The van der Waals surface area contributed by atoms with Gasteiger partial charge in [-0.25, -0.2) is 4.39 Å². The van der Waals surface area contributed by atoms with Gasteiger partial charge in [-0.3, -0.25) is 9.59 Å². The quantitative estimate of drug-likeness (QED) is 0.598. The van der Waals surface area contributed by atoms with Crippen molar-refractivity contribution in [1.29, 1.82) is 0 Å². The molecule has 3 rings (SSSR count). The number of piperazine rings is 1. The molecule has 1 amide bonds. The summed E-state index contributed by atoms with van der Waals surface area (Å²) < 4.78 is 25.0. The molecule has 1 aliphatic heterocycles. The van der Waals surface area contributed by atoms with Gasteiger partial charge in [0, 0.05) is 24.7 Å². The van der Waals surface area contributed by atoms with E-state index < -0.39 is 5.54 Å². The van der Waals surface area contributed by atoms with E-state index in [2.05, 4.69) is 21.2 Å². The summed E-state index contributed by atoms with van der Waals surface area (Å²) in [6.45, 7) is 5.00. The second kappa shape index (κ2) is 9.78. The van der Waals surface area contributed by atoms with Gasteiger partial charge in [-0.1, -0.05) is 12.1 Å². The van der Waals surface area contributed by atoms with Crippen molar-refractivity contribution < 1.29 is 23.5 Å². The summed E-state index contributed by atoms with van der Waals surface area (Å²) in [7, 11) is 1.47. The summed E-state index contributed by atoms with van der Waals surface area (Å²) in [5.41, 5.74) is 0.894. The molecule has 0 saturated carbocycles. The molecule has 0 unspecified atom stereocenters. The zero-order chi connectivity index (χ0) is 22.6. The molecule has 0 radical (unpaired) electrons. The van der Waals surface area contributed by atoms with Gasteiger partial charge < -0.3 is 19.7 Å². The highest BCUT2D eigenvalue weighted by atomic mass is 79.9. The number of carbonyl (C=O) groups excluding carboxylic acids is 2. The molecule has 1 N–H and O–H groups in total. The number of ether oxygens (including phenoxy) is 2. The number of carbonyl (C=O) groups is 2. The topological polar surface area (TPSA) is 67.9 Å². The number of rotatable bonds is 7. The summed E-state index contributed by atoms with van der Waals surface area (Å²) >= 11 is 3.38. The van der Waals surface area contributed by atoms with Gasteiger partial charge in [0.25, 0.3) is 5.91 Å². The summed E-state index contributed by atoms with van der Waals surface area (Å²) in [5.74, 6) is 0.286. The highest BCUT2D eigenvalue weighted by Gasteiger charge is 2.39. The average molecular weight is 493 g/mol. The number of nitrogens with zero attached hydrogens (tertiary/aromatic N) is 1. The first-order valence-corrected chi connectivity index (χ1v) is 10.8. The van der Waals surface area contributed by atoms with Crippen molar-refractivity contribution in [2.75, 3.05) is 26.8 Å². The van der Waals surface area contributed by atoms with Crippen molar-refractivity contribution >= 4 is 28.1 Å². The van der Waals surface area contributed by atoms with Crippen molar-refractivity contribution in [1.82, 2.24) is 10.2 Å². The first-order valence-electron chi connectivity index (χ1n) is 9.99. The highest BCUT2D eigenvalue weighted by Crippen LogP contribution is 2.36. The Morgan fingerprint density at radius 1 is 1.35 bits per heavy atom. The average Bonchev–Trinajstić information content (AvgIpc) is 2.75. The Morgan fingerprint density at radius 3 is 2.71 bits per heavy atom. The van der Waals surface area contributed by atoms with E-state index in [4.69, 9.17) is 9.47 Å². The number of hydrogen-bond acceptors (Lipinski definition) is 5. The van der Waals surface area contributed by atoms with Crippen LogP contribution in [0.15, 0.2) is 40.9 Å². The Kier molecular flexibility index (Phi) is 7.33. The molecule has 0 bridgehead atoms. The number of halogens is 2. The Labute approximate surface area is 189 Å². The zero-order valence-electron chi connectivity index (χ0n) is 17.8. The zero-order valence-corrected chi connectivity index (χ0v) is 19.4. The van der Waals surface area contributed by atoms with Crippen LogP contribution in [0, 0.1) is 5.82 Å². The van der Waals surface area contributed by atoms with Crippen LogP contribution in [-0.2, 0) is 11.2 Å². The van der Waals surface area contributed by atoms with Crippen LogP contribution in [0.1, 0.15) is 29.8 Å². The molecule has 6 nitrogen and oxygen atoms in total. The standard InChI is InChI=1S/C23H26BrFN2O4/c1-15-11-27(23(2,14-26-15)10-16-4-6-18(25)7-5-16)21(29)13-31-22-19(24)8-17(12-28)9-20(22)30-3/h4-9,12,15,26H,10-11,13-14H2,1-3H3/t15-,23+/m1/s1. The molecule has 2 aromatic carbocycles. The van der Waals surface area contributed by atoms with Gasteiger partial charge in [0.1, 0.15) is 12.1 Å². The smallest absolute Gasteiger partial charge is 0.261 e. The number of methoxy groups -OCH3 is 1. The molecule has 1 saturated heterocycles. The van der Waals surface area contributed by atoms with Crippen molar-refractivity contribution in [3.8, 4) is 11.5 Å². The predicted molar refractivity (Wildman–Crippen MR) is 119 cm³/mol. The molecule has 2 atom stereocenters. The van der Waals surface area contributed by atoms with Gasteiger partial charge in [-0.05, 0) is 66.0 Å². The second-order valence-corrected chi connectivity index (χ2v) is 8.88. The molecule has 8 heteroatoms. The monoisotopic (exact) mass is 492 g/mol. The first kappa shape index (κ1) is 23.2. The lowest BCUT2D eigenvalue weighted by molar-refractivity contribution is -0.141. The Hall–Kier alpha value is -2.45. The minimum Gasteiger partial charge on any atom is -0.493 e. The fourth-order valence-corrected chi connectivity index (χ4v) is 4.39. The lowest BCUT2D eigenvalue weighted by Crippen LogP contribution is -2.65. The van der Waals surface area contributed by atoms with Gasteiger partial charge in [0.2, 0.25) is 0 Å². The van der Waals surface area contributed by atoms with E-state index in [0.29, 0.717) is 47.3 Å². The number of nitrogens with one attached hydrogen (secondary N) is 1. The number of hydrogen-bond donors (Lipinski definition) is 1.